The van der Waals surface area contributed by atoms with Crippen molar-refractivity contribution in [3.05, 3.63) is 58.7 Å². The van der Waals surface area contributed by atoms with Gasteiger partial charge in [-0.1, -0.05) is 52.0 Å². The summed E-state index contributed by atoms with van der Waals surface area (Å²) in [7, 11) is -0.266. The number of hydrogen-bond acceptors (Lipinski definition) is 4. The molecule has 2 rings (SSSR count). The molecule has 148 valence electrons. The summed E-state index contributed by atoms with van der Waals surface area (Å²) in [6, 6.07) is 12.4. The first-order valence-electron chi connectivity index (χ1n) is 9.40. The molecular formula is C22H32O4Si. The van der Waals surface area contributed by atoms with Crippen LogP contribution in [-0.2, 0) is 8.85 Å². The molecule has 0 radical (unpaired) electrons. The Bertz CT molecular complexity index is 705. The maximum atomic E-state index is 6.25. The molecule has 0 atom stereocenters. The second kappa shape index (κ2) is 8.91. The van der Waals surface area contributed by atoms with Crippen molar-refractivity contribution < 1.29 is 17.7 Å². The van der Waals surface area contributed by atoms with Crippen LogP contribution in [0.1, 0.15) is 61.8 Å². The average molecular weight is 389 g/mol. The number of hydrogen-bond donors (Lipinski definition) is 0. The zero-order valence-electron chi connectivity index (χ0n) is 17.8. The smallest absolute Gasteiger partial charge is 0.471 e. The van der Waals surface area contributed by atoms with Crippen LogP contribution < -0.4 is 8.85 Å². The van der Waals surface area contributed by atoms with E-state index in [0.29, 0.717) is 11.8 Å². The molecule has 0 N–H and O–H groups in total. The SMILES string of the molecule is CO[Si](OC)(Oc1cc(C(C)C)ccc1C)Oc1cc(C(C)C)ccc1C. The Morgan fingerprint density at radius 1 is 0.667 bits per heavy atom. The third kappa shape index (κ3) is 5.12. The van der Waals surface area contributed by atoms with Crippen molar-refractivity contribution >= 4 is 9.05 Å². The van der Waals surface area contributed by atoms with E-state index in [1.807, 2.05) is 26.0 Å². The zero-order chi connectivity index (χ0) is 20.2. The Balaban J connectivity index is 2.39. The van der Waals surface area contributed by atoms with E-state index < -0.39 is 9.05 Å². The third-order valence-electron chi connectivity index (χ3n) is 4.73. The first-order valence-corrected chi connectivity index (χ1v) is 11.0. The van der Waals surface area contributed by atoms with Crippen LogP contribution in [0, 0.1) is 13.8 Å². The Hall–Kier alpha value is -1.82. The normalized spacial score (nSPS) is 11.9. The van der Waals surface area contributed by atoms with E-state index in [9.17, 15) is 0 Å². The molecule has 2 aromatic carbocycles. The highest BCUT2D eigenvalue weighted by atomic mass is 28.4. The van der Waals surface area contributed by atoms with Crippen molar-refractivity contribution in [1.29, 1.82) is 0 Å². The summed E-state index contributed by atoms with van der Waals surface area (Å²) >= 11 is 0. The molecule has 0 aliphatic carbocycles. The molecular weight excluding hydrogens is 356 g/mol. The maximum Gasteiger partial charge on any atom is 0.820 e. The molecule has 0 saturated heterocycles. The molecule has 0 unspecified atom stereocenters. The highest BCUT2D eigenvalue weighted by molar-refractivity contribution is 6.55. The Kier molecular flexibility index (Phi) is 7.09. The van der Waals surface area contributed by atoms with Crippen molar-refractivity contribution in [1.82, 2.24) is 0 Å². The monoisotopic (exact) mass is 388 g/mol. The van der Waals surface area contributed by atoms with Gasteiger partial charge in [0.2, 0.25) is 0 Å². The summed E-state index contributed by atoms with van der Waals surface area (Å²) in [5.41, 5.74) is 4.43. The number of aryl methyl sites for hydroxylation is 2. The quantitative estimate of drug-likeness (QED) is 0.541. The lowest BCUT2D eigenvalue weighted by atomic mass is 10.0. The van der Waals surface area contributed by atoms with Gasteiger partial charge < -0.3 is 17.7 Å². The van der Waals surface area contributed by atoms with Crippen LogP contribution in [0.4, 0.5) is 0 Å². The van der Waals surface area contributed by atoms with Crippen LogP contribution in [0.15, 0.2) is 36.4 Å². The molecule has 0 bridgehead atoms. The Morgan fingerprint density at radius 3 is 1.33 bits per heavy atom. The van der Waals surface area contributed by atoms with Gasteiger partial charge >= 0.3 is 9.05 Å². The fraction of sp³-hybridized carbons (Fsp3) is 0.455. The van der Waals surface area contributed by atoms with Crippen molar-refractivity contribution in [3.8, 4) is 11.5 Å². The van der Waals surface area contributed by atoms with Gasteiger partial charge in [0, 0.05) is 14.2 Å². The molecule has 0 amide bonds. The summed E-state index contributed by atoms with van der Waals surface area (Å²) in [6.45, 7) is 12.6. The molecule has 0 fully saturated rings. The Morgan fingerprint density at radius 2 is 1.04 bits per heavy atom. The Labute approximate surface area is 164 Å². The lowest BCUT2D eigenvalue weighted by molar-refractivity contribution is 0.0819. The van der Waals surface area contributed by atoms with Gasteiger partial charge in [0.25, 0.3) is 0 Å². The van der Waals surface area contributed by atoms with Crippen molar-refractivity contribution in [3.63, 3.8) is 0 Å². The van der Waals surface area contributed by atoms with Crippen LogP contribution >= 0.6 is 0 Å². The first-order chi connectivity index (χ1) is 12.7. The maximum absolute atomic E-state index is 6.25. The van der Waals surface area contributed by atoms with E-state index in [4.69, 9.17) is 17.7 Å². The van der Waals surface area contributed by atoms with Crippen molar-refractivity contribution in [2.45, 2.75) is 53.4 Å². The highest BCUT2D eigenvalue weighted by Crippen LogP contribution is 2.30. The van der Waals surface area contributed by atoms with Crippen LogP contribution in [0.3, 0.4) is 0 Å². The van der Waals surface area contributed by atoms with Gasteiger partial charge in [0.05, 0.1) is 0 Å². The molecule has 0 aromatic heterocycles. The van der Waals surface area contributed by atoms with Crippen molar-refractivity contribution in [2.24, 2.45) is 0 Å². The van der Waals surface area contributed by atoms with Crippen LogP contribution in [0.25, 0.3) is 0 Å². The molecule has 0 aliphatic heterocycles. The minimum Gasteiger partial charge on any atom is -0.471 e. The van der Waals surface area contributed by atoms with Crippen LogP contribution in [0.2, 0.25) is 0 Å². The van der Waals surface area contributed by atoms with E-state index >= 15 is 0 Å². The van der Waals surface area contributed by atoms with Gasteiger partial charge in [0.15, 0.2) is 0 Å². The van der Waals surface area contributed by atoms with Crippen LogP contribution in [-0.4, -0.2) is 23.3 Å². The van der Waals surface area contributed by atoms with E-state index in [2.05, 4.69) is 52.0 Å². The largest absolute Gasteiger partial charge is 0.820 e. The molecule has 5 heteroatoms. The fourth-order valence-electron chi connectivity index (χ4n) is 2.71. The van der Waals surface area contributed by atoms with Gasteiger partial charge in [0.1, 0.15) is 11.5 Å². The molecule has 4 nitrogen and oxygen atoms in total. The predicted molar refractivity (Wildman–Crippen MR) is 112 cm³/mol. The molecule has 0 saturated carbocycles. The lowest BCUT2D eigenvalue weighted by Crippen LogP contribution is -2.53. The van der Waals surface area contributed by atoms with E-state index in [1.165, 1.54) is 11.1 Å². The van der Waals surface area contributed by atoms with Crippen LogP contribution in [0.5, 0.6) is 11.5 Å². The van der Waals surface area contributed by atoms with Gasteiger partial charge in [-0.2, -0.15) is 0 Å². The minimum absolute atomic E-state index is 0.403. The summed E-state index contributed by atoms with van der Waals surface area (Å²) in [4.78, 5) is 0. The highest BCUT2D eigenvalue weighted by Gasteiger charge is 2.50. The van der Waals surface area contributed by atoms with E-state index in [-0.39, 0.29) is 0 Å². The summed E-state index contributed by atoms with van der Waals surface area (Å²) in [5.74, 6) is 2.27. The van der Waals surface area contributed by atoms with Gasteiger partial charge in [-0.3, -0.25) is 0 Å². The first kappa shape index (κ1) is 21.5. The lowest BCUT2D eigenvalue weighted by Gasteiger charge is -2.27. The number of rotatable bonds is 8. The van der Waals surface area contributed by atoms with Gasteiger partial charge in [-0.25, -0.2) is 0 Å². The summed E-state index contributed by atoms with van der Waals surface area (Å²) in [5, 5.41) is 0. The molecule has 0 spiro atoms. The van der Waals surface area contributed by atoms with Gasteiger partial charge in [-0.15, -0.1) is 0 Å². The fourth-order valence-corrected chi connectivity index (χ4v) is 4.23. The zero-order valence-corrected chi connectivity index (χ0v) is 18.8. The molecule has 2 aromatic rings. The topological polar surface area (TPSA) is 36.9 Å². The molecule has 0 heterocycles. The average Bonchev–Trinajstić information content (AvgIpc) is 2.64. The second-order valence-electron chi connectivity index (χ2n) is 7.47. The van der Waals surface area contributed by atoms with E-state index in [1.54, 1.807) is 14.2 Å². The molecule has 0 aliphatic rings. The second-order valence-corrected chi connectivity index (χ2v) is 9.70. The third-order valence-corrected chi connectivity index (χ3v) is 6.67. The van der Waals surface area contributed by atoms with Gasteiger partial charge in [-0.05, 0) is 60.1 Å². The number of benzene rings is 2. The molecule has 27 heavy (non-hydrogen) atoms. The van der Waals surface area contributed by atoms with E-state index in [0.717, 1.165) is 22.6 Å². The summed E-state index contributed by atoms with van der Waals surface area (Å²) < 4.78 is 23.9. The predicted octanol–water partition coefficient (Wildman–Crippen LogP) is 5.74. The summed E-state index contributed by atoms with van der Waals surface area (Å²) in [6.07, 6.45) is 0. The standard InChI is InChI=1S/C22H32O4Si/c1-15(2)19-11-9-17(5)21(13-19)25-27(23-7,24-8)26-22-14-20(16(3)4)12-10-18(22)6/h9-16H,1-8H3. The minimum atomic E-state index is -3.40. The van der Waals surface area contributed by atoms with Crippen molar-refractivity contribution in [2.75, 3.05) is 14.2 Å².